The lowest BCUT2D eigenvalue weighted by Crippen LogP contribution is -2.19. The monoisotopic (exact) mass is 326 g/mol. The number of carbonyl (C=O) groups excluding carboxylic acids is 1. The van der Waals surface area contributed by atoms with Crippen molar-refractivity contribution in [1.29, 1.82) is 0 Å². The Morgan fingerprint density at radius 2 is 2.00 bits per heavy atom. The zero-order chi connectivity index (χ0) is 16.2. The normalized spacial score (nSPS) is 12.0. The maximum absolute atomic E-state index is 12.4. The Balaban J connectivity index is 2.11. The molecule has 0 spiro atoms. The number of fused-ring (bicyclic) bond motifs is 1. The molecule has 0 atom stereocenters. The number of methoxy groups -OCH3 is 1. The first-order chi connectivity index (χ1) is 11.2. The Morgan fingerprint density at radius 3 is 2.74 bits per heavy atom. The third-order valence-electron chi connectivity index (χ3n) is 3.58. The van der Waals surface area contributed by atoms with Crippen LogP contribution in [0.3, 0.4) is 0 Å². The van der Waals surface area contributed by atoms with Crippen LogP contribution < -0.4 is 4.80 Å². The second-order valence-corrected chi connectivity index (χ2v) is 6.29. The van der Waals surface area contributed by atoms with Crippen molar-refractivity contribution in [2.75, 3.05) is 13.7 Å². The molecule has 2 aromatic carbocycles. The van der Waals surface area contributed by atoms with Gasteiger partial charge in [-0.05, 0) is 36.8 Å². The number of amides is 1. The van der Waals surface area contributed by atoms with Crippen molar-refractivity contribution in [3.63, 3.8) is 0 Å². The average molecular weight is 326 g/mol. The van der Waals surface area contributed by atoms with Crippen LogP contribution in [-0.4, -0.2) is 24.2 Å². The predicted molar refractivity (Wildman–Crippen MR) is 92.8 cm³/mol. The number of ether oxygens (including phenoxy) is 1. The van der Waals surface area contributed by atoms with Crippen molar-refractivity contribution >= 4 is 27.5 Å². The van der Waals surface area contributed by atoms with Crippen molar-refractivity contribution in [3.8, 4) is 0 Å². The quantitative estimate of drug-likeness (QED) is 0.737. The van der Waals surface area contributed by atoms with E-state index in [1.807, 2.05) is 22.8 Å². The molecule has 3 rings (SSSR count). The van der Waals surface area contributed by atoms with E-state index in [2.05, 4.69) is 30.1 Å². The molecule has 0 bridgehead atoms. The number of nitrogens with zero attached hydrogens (tertiary/aromatic N) is 2. The maximum Gasteiger partial charge on any atom is 0.279 e. The second kappa shape index (κ2) is 6.89. The third-order valence-corrected chi connectivity index (χ3v) is 4.62. The number of aryl methyl sites for hydroxylation is 1. The maximum atomic E-state index is 12.4. The molecule has 3 aromatic rings. The zero-order valence-electron chi connectivity index (χ0n) is 13.2. The Morgan fingerprint density at radius 1 is 1.22 bits per heavy atom. The molecule has 0 aliphatic rings. The number of hydrogen-bond donors (Lipinski definition) is 0. The van der Waals surface area contributed by atoms with Crippen LogP contribution in [0.2, 0.25) is 0 Å². The Labute approximate surface area is 138 Å². The van der Waals surface area contributed by atoms with Crippen LogP contribution in [0.15, 0.2) is 53.5 Å². The largest absolute Gasteiger partial charge is 0.383 e. The van der Waals surface area contributed by atoms with Gasteiger partial charge >= 0.3 is 0 Å². The molecule has 0 unspecified atom stereocenters. The number of rotatable bonds is 4. The van der Waals surface area contributed by atoms with Crippen LogP contribution in [0.5, 0.6) is 0 Å². The van der Waals surface area contributed by atoms with Gasteiger partial charge in [-0.25, -0.2) is 0 Å². The summed E-state index contributed by atoms with van der Waals surface area (Å²) in [6.07, 6.45) is 0. The summed E-state index contributed by atoms with van der Waals surface area (Å²) < 4.78 is 8.36. The number of hydrogen-bond acceptors (Lipinski definition) is 3. The molecule has 0 aliphatic carbocycles. The molecule has 5 heteroatoms. The smallest absolute Gasteiger partial charge is 0.279 e. The number of aromatic nitrogens is 1. The van der Waals surface area contributed by atoms with Crippen molar-refractivity contribution < 1.29 is 9.53 Å². The minimum absolute atomic E-state index is 0.222. The van der Waals surface area contributed by atoms with E-state index in [0.717, 1.165) is 10.2 Å². The van der Waals surface area contributed by atoms with E-state index >= 15 is 0 Å². The summed E-state index contributed by atoms with van der Waals surface area (Å²) in [4.78, 5) is 17.4. The summed E-state index contributed by atoms with van der Waals surface area (Å²) >= 11 is 1.53. The molecule has 0 N–H and O–H groups in total. The van der Waals surface area contributed by atoms with Gasteiger partial charge in [0.15, 0.2) is 4.80 Å². The molecule has 0 radical (unpaired) electrons. The highest BCUT2D eigenvalue weighted by Crippen LogP contribution is 2.19. The van der Waals surface area contributed by atoms with Crippen molar-refractivity contribution in [3.05, 3.63) is 64.5 Å². The first-order valence-electron chi connectivity index (χ1n) is 7.42. The molecule has 0 saturated carbocycles. The summed E-state index contributed by atoms with van der Waals surface area (Å²) in [5.74, 6) is -0.222. The summed E-state index contributed by atoms with van der Waals surface area (Å²) in [5, 5.41) is 0. The van der Waals surface area contributed by atoms with E-state index in [1.54, 1.807) is 19.2 Å². The van der Waals surface area contributed by atoms with Crippen LogP contribution in [0.4, 0.5) is 0 Å². The highest BCUT2D eigenvalue weighted by atomic mass is 32.1. The van der Waals surface area contributed by atoms with Crippen LogP contribution in [0, 0.1) is 6.92 Å². The molecule has 0 saturated heterocycles. The van der Waals surface area contributed by atoms with Gasteiger partial charge in [-0.2, -0.15) is 4.99 Å². The second-order valence-electron chi connectivity index (χ2n) is 5.28. The summed E-state index contributed by atoms with van der Waals surface area (Å²) in [5.41, 5.74) is 2.87. The van der Waals surface area contributed by atoms with Gasteiger partial charge in [-0.15, -0.1) is 0 Å². The molecule has 4 nitrogen and oxygen atoms in total. The topological polar surface area (TPSA) is 43.6 Å². The lowest BCUT2D eigenvalue weighted by molar-refractivity contribution is 0.0997. The molecule has 0 aliphatic heterocycles. The van der Waals surface area contributed by atoms with Crippen LogP contribution >= 0.6 is 11.3 Å². The lowest BCUT2D eigenvalue weighted by Gasteiger charge is -2.04. The van der Waals surface area contributed by atoms with Crippen LogP contribution in [-0.2, 0) is 11.3 Å². The van der Waals surface area contributed by atoms with Crippen molar-refractivity contribution in [1.82, 2.24) is 4.57 Å². The minimum atomic E-state index is -0.222. The van der Waals surface area contributed by atoms with E-state index < -0.39 is 0 Å². The van der Waals surface area contributed by atoms with Crippen LogP contribution in [0.25, 0.3) is 10.2 Å². The van der Waals surface area contributed by atoms with Gasteiger partial charge in [-0.3, -0.25) is 4.79 Å². The van der Waals surface area contributed by atoms with Gasteiger partial charge in [0.05, 0.1) is 16.8 Å². The van der Waals surface area contributed by atoms with Gasteiger partial charge in [0.25, 0.3) is 5.91 Å². The molecule has 23 heavy (non-hydrogen) atoms. The summed E-state index contributed by atoms with van der Waals surface area (Å²) in [6.45, 7) is 3.30. The van der Waals surface area contributed by atoms with Gasteiger partial charge in [-0.1, -0.05) is 35.6 Å². The fourth-order valence-corrected chi connectivity index (χ4v) is 3.55. The summed E-state index contributed by atoms with van der Waals surface area (Å²) in [7, 11) is 1.67. The van der Waals surface area contributed by atoms with Gasteiger partial charge < -0.3 is 9.30 Å². The van der Waals surface area contributed by atoms with Gasteiger partial charge in [0, 0.05) is 19.2 Å². The molecule has 1 aromatic heterocycles. The molecule has 1 heterocycles. The highest BCUT2D eigenvalue weighted by Gasteiger charge is 2.09. The summed E-state index contributed by atoms with van der Waals surface area (Å²) in [6, 6.07) is 15.4. The Bertz CT molecular complexity index is 894. The number of benzene rings is 2. The fraction of sp³-hybridized carbons (Fsp3) is 0.222. The standard InChI is InChI=1S/C18H18N2O2S/c1-13-8-9-15-16(12-13)23-18(20(15)10-11-22-2)19-17(21)14-6-4-3-5-7-14/h3-9,12H,10-11H2,1-2H3. The van der Waals surface area contributed by atoms with E-state index in [9.17, 15) is 4.79 Å². The molecule has 1 amide bonds. The van der Waals surface area contributed by atoms with Crippen molar-refractivity contribution in [2.24, 2.45) is 4.99 Å². The minimum Gasteiger partial charge on any atom is -0.383 e. The third kappa shape index (κ3) is 3.41. The van der Waals surface area contributed by atoms with E-state index in [4.69, 9.17) is 4.74 Å². The number of thiazole rings is 1. The number of carbonyl (C=O) groups is 1. The lowest BCUT2D eigenvalue weighted by atomic mass is 10.2. The first-order valence-corrected chi connectivity index (χ1v) is 8.24. The zero-order valence-corrected chi connectivity index (χ0v) is 14.0. The molecular weight excluding hydrogens is 308 g/mol. The predicted octanol–water partition coefficient (Wildman–Crippen LogP) is 3.40. The molecule has 118 valence electrons. The average Bonchev–Trinajstić information content (AvgIpc) is 2.89. The van der Waals surface area contributed by atoms with E-state index in [-0.39, 0.29) is 5.91 Å². The Hall–Kier alpha value is -2.24. The Kier molecular flexibility index (Phi) is 4.69. The van der Waals surface area contributed by atoms with Gasteiger partial charge in [0.2, 0.25) is 0 Å². The molecule has 0 fully saturated rings. The van der Waals surface area contributed by atoms with Crippen LogP contribution in [0.1, 0.15) is 15.9 Å². The highest BCUT2D eigenvalue weighted by molar-refractivity contribution is 7.16. The van der Waals surface area contributed by atoms with E-state index in [0.29, 0.717) is 23.5 Å². The van der Waals surface area contributed by atoms with E-state index in [1.165, 1.54) is 16.9 Å². The van der Waals surface area contributed by atoms with Gasteiger partial charge in [0.1, 0.15) is 0 Å². The van der Waals surface area contributed by atoms with Crippen molar-refractivity contribution in [2.45, 2.75) is 13.5 Å². The SMILES string of the molecule is COCCn1c(=NC(=O)c2ccccc2)sc2cc(C)ccc21. The molecular formula is C18H18N2O2S. The fourth-order valence-electron chi connectivity index (χ4n) is 2.40. The first kappa shape index (κ1) is 15.6.